The first-order valence-electron chi connectivity index (χ1n) is 10.4. The fourth-order valence-electron chi connectivity index (χ4n) is 4.31. The van der Waals surface area contributed by atoms with Gasteiger partial charge in [0.05, 0.1) is 11.6 Å². The maximum absolute atomic E-state index is 13.8. The molecule has 5 heteroatoms. The highest BCUT2D eigenvalue weighted by Gasteiger charge is 2.31. The van der Waals surface area contributed by atoms with E-state index in [2.05, 4.69) is 10.2 Å². The van der Waals surface area contributed by atoms with Crippen molar-refractivity contribution in [2.45, 2.75) is 18.9 Å². The number of H-pyrrole nitrogens is 1. The highest BCUT2D eigenvalue weighted by atomic mass is 35.5. The molecule has 5 rings (SSSR count). The summed E-state index contributed by atoms with van der Waals surface area (Å²) >= 11 is 6.20. The summed E-state index contributed by atoms with van der Waals surface area (Å²) in [4.78, 5) is 15.8. The predicted molar refractivity (Wildman–Crippen MR) is 123 cm³/mol. The topological polar surface area (TPSA) is 49.0 Å². The summed E-state index contributed by atoms with van der Waals surface area (Å²) < 4.78 is 0. The number of hydrogen-bond donors (Lipinski definition) is 1. The van der Waals surface area contributed by atoms with Gasteiger partial charge in [0, 0.05) is 41.4 Å². The van der Waals surface area contributed by atoms with Gasteiger partial charge in [-0.05, 0) is 23.3 Å². The first kappa shape index (κ1) is 19.6. The van der Waals surface area contributed by atoms with E-state index in [1.54, 1.807) is 0 Å². The molecule has 1 N–H and O–H groups in total. The van der Waals surface area contributed by atoms with Gasteiger partial charge in [-0.25, -0.2) is 0 Å². The van der Waals surface area contributed by atoms with E-state index < -0.39 is 0 Å². The number of aromatic nitrogens is 2. The highest BCUT2D eigenvalue weighted by Crippen LogP contribution is 2.33. The second kappa shape index (κ2) is 8.40. The summed E-state index contributed by atoms with van der Waals surface area (Å²) in [7, 11) is 0. The van der Waals surface area contributed by atoms with Gasteiger partial charge in [0.15, 0.2) is 0 Å². The zero-order valence-corrected chi connectivity index (χ0v) is 17.7. The number of hydrogen-bond acceptors (Lipinski definition) is 2. The van der Waals surface area contributed by atoms with Crippen molar-refractivity contribution in [3.05, 3.63) is 112 Å². The van der Waals surface area contributed by atoms with Crippen LogP contribution in [0.2, 0.25) is 5.02 Å². The summed E-state index contributed by atoms with van der Waals surface area (Å²) in [5.74, 6) is -0.216. The molecule has 2 heterocycles. The van der Waals surface area contributed by atoms with Gasteiger partial charge < -0.3 is 4.90 Å². The molecule has 0 atom stereocenters. The van der Waals surface area contributed by atoms with E-state index in [4.69, 9.17) is 11.6 Å². The van der Waals surface area contributed by atoms with Gasteiger partial charge in [0.1, 0.15) is 0 Å². The maximum atomic E-state index is 13.8. The molecule has 0 saturated carbocycles. The molecule has 1 aliphatic heterocycles. The number of benzene rings is 3. The summed E-state index contributed by atoms with van der Waals surface area (Å²) in [5, 5.41) is 8.38. The van der Waals surface area contributed by atoms with Crippen LogP contribution >= 0.6 is 11.6 Å². The number of carbonyl (C=O) groups excluding carboxylic acids is 1. The Labute approximate surface area is 186 Å². The number of amides is 1. The summed E-state index contributed by atoms with van der Waals surface area (Å²) in [6, 6.07) is 27.7. The van der Waals surface area contributed by atoms with Crippen molar-refractivity contribution in [2.75, 3.05) is 6.54 Å². The molecule has 0 bridgehead atoms. The molecule has 0 aliphatic carbocycles. The minimum absolute atomic E-state index is 0.112. The zero-order valence-electron chi connectivity index (χ0n) is 17.0. The Morgan fingerprint density at radius 3 is 2.26 bits per heavy atom. The van der Waals surface area contributed by atoms with Crippen LogP contribution in [0.3, 0.4) is 0 Å². The van der Waals surface area contributed by atoms with Crippen LogP contribution in [-0.4, -0.2) is 27.5 Å². The number of halogens is 1. The van der Waals surface area contributed by atoms with Gasteiger partial charge in [-0.3, -0.25) is 9.89 Å². The molecule has 1 amide bonds. The number of carbonyl (C=O) groups is 1. The third kappa shape index (κ3) is 3.87. The number of aromatic amines is 1. The van der Waals surface area contributed by atoms with Crippen molar-refractivity contribution in [1.29, 1.82) is 0 Å². The van der Waals surface area contributed by atoms with Crippen molar-refractivity contribution in [2.24, 2.45) is 0 Å². The smallest absolute Gasteiger partial charge is 0.234 e. The summed E-state index contributed by atoms with van der Waals surface area (Å²) in [5.41, 5.74) is 6.00. The monoisotopic (exact) mass is 427 g/mol. The standard InChI is InChI=1S/C26H22ClN3O/c27-21-13-7-12-20(16-21)25-22-17-30(15-14-23(22)28-29-25)26(31)24(18-8-3-1-4-9-18)19-10-5-2-6-11-19/h1-13,16,24H,14-15,17H2,(H,28,29). The molecular weight excluding hydrogens is 406 g/mol. The largest absolute Gasteiger partial charge is 0.337 e. The quantitative estimate of drug-likeness (QED) is 0.471. The van der Waals surface area contributed by atoms with Crippen LogP contribution in [0.1, 0.15) is 28.3 Å². The Bertz CT molecular complexity index is 1160. The molecule has 1 aromatic heterocycles. The van der Waals surface area contributed by atoms with Crippen molar-refractivity contribution in [3.8, 4) is 11.3 Å². The lowest BCUT2D eigenvalue weighted by atomic mass is 9.89. The Hall–Kier alpha value is -3.37. The zero-order chi connectivity index (χ0) is 21.2. The van der Waals surface area contributed by atoms with E-state index in [1.807, 2.05) is 89.8 Å². The van der Waals surface area contributed by atoms with Crippen LogP contribution in [-0.2, 0) is 17.8 Å². The third-order valence-electron chi connectivity index (χ3n) is 5.86. The predicted octanol–water partition coefficient (Wildman–Crippen LogP) is 5.45. The third-order valence-corrected chi connectivity index (χ3v) is 6.09. The van der Waals surface area contributed by atoms with Gasteiger partial charge in [0.2, 0.25) is 5.91 Å². The Balaban J connectivity index is 1.49. The molecule has 1 aliphatic rings. The first-order chi connectivity index (χ1) is 15.2. The molecule has 0 radical (unpaired) electrons. The van der Waals surface area contributed by atoms with Crippen molar-refractivity contribution in [3.63, 3.8) is 0 Å². The fourth-order valence-corrected chi connectivity index (χ4v) is 4.50. The average Bonchev–Trinajstić information content (AvgIpc) is 3.24. The van der Waals surface area contributed by atoms with Crippen LogP contribution in [0.4, 0.5) is 0 Å². The van der Waals surface area contributed by atoms with Crippen molar-refractivity contribution >= 4 is 17.5 Å². The van der Waals surface area contributed by atoms with Crippen molar-refractivity contribution in [1.82, 2.24) is 15.1 Å². The van der Waals surface area contributed by atoms with E-state index in [0.717, 1.165) is 40.1 Å². The van der Waals surface area contributed by atoms with Crippen LogP contribution in [0.15, 0.2) is 84.9 Å². The molecule has 4 nitrogen and oxygen atoms in total. The van der Waals surface area contributed by atoms with Gasteiger partial charge in [0.25, 0.3) is 0 Å². The van der Waals surface area contributed by atoms with Crippen LogP contribution in [0.25, 0.3) is 11.3 Å². The second-order valence-corrected chi connectivity index (χ2v) is 8.24. The maximum Gasteiger partial charge on any atom is 0.234 e. The van der Waals surface area contributed by atoms with Gasteiger partial charge >= 0.3 is 0 Å². The van der Waals surface area contributed by atoms with Crippen LogP contribution < -0.4 is 0 Å². The summed E-state index contributed by atoms with van der Waals surface area (Å²) in [6.07, 6.45) is 0.755. The Kier molecular flexibility index (Phi) is 5.31. The second-order valence-electron chi connectivity index (χ2n) is 7.80. The first-order valence-corrected chi connectivity index (χ1v) is 10.8. The molecule has 0 saturated heterocycles. The van der Waals surface area contributed by atoms with Crippen LogP contribution in [0.5, 0.6) is 0 Å². The molecular formula is C26H22ClN3O. The van der Waals surface area contributed by atoms with E-state index in [1.165, 1.54) is 0 Å². The lowest BCUT2D eigenvalue weighted by Crippen LogP contribution is -2.39. The lowest BCUT2D eigenvalue weighted by molar-refractivity contribution is -0.132. The number of nitrogens with one attached hydrogen (secondary N) is 1. The lowest BCUT2D eigenvalue weighted by Gasteiger charge is -2.31. The van der Waals surface area contributed by atoms with Crippen molar-refractivity contribution < 1.29 is 4.79 Å². The van der Waals surface area contributed by atoms with E-state index in [9.17, 15) is 4.79 Å². The number of fused-ring (bicyclic) bond motifs is 1. The average molecular weight is 428 g/mol. The van der Waals surface area contributed by atoms with Gasteiger partial charge in [-0.2, -0.15) is 5.10 Å². The SMILES string of the molecule is O=C(C(c1ccccc1)c1ccccc1)N1CCc2[nH]nc(-c3cccc(Cl)c3)c2C1. The molecule has 31 heavy (non-hydrogen) atoms. The van der Waals surface area contributed by atoms with Gasteiger partial charge in [-0.1, -0.05) is 84.4 Å². The van der Waals surface area contributed by atoms with E-state index in [0.29, 0.717) is 18.1 Å². The number of rotatable bonds is 4. The summed E-state index contributed by atoms with van der Waals surface area (Å²) in [6.45, 7) is 1.20. The molecule has 4 aromatic rings. The Morgan fingerprint density at radius 1 is 0.935 bits per heavy atom. The van der Waals surface area contributed by atoms with E-state index in [-0.39, 0.29) is 11.8 Å². The van der Waals surface area contributed by atoms with E-state index >= 15 is 0 Å². The fraction of sp³-hybridized carbons (Fsp3) is 0.154. The molecule has 0 fully saturated rings. The van der Waals surface area contributed by atoms with Gasteiger partial charge in [-0.15, -0.1) is 0 Å². The molecule has 154 valence electrons. The normalized spacial score (nSPS) is 13.3. The molecule has 0 spiro atoms. The molecule has 0 unspecified atom stereocenters. The minimum Gasteiger partial charge on any atom is -0.337 e. The minimum atomic E-state index is -0.328. The number of nitrogens with zero attached hydrogens (tertiary/aromatic N) is 2. The molecule has 3 aromatic carbocycles. The van der Waals surface area contributed by atoms with Crippen LogP contribution in [0, 0.1) is 0 Å². The highest BCUT2D eigenvalue weighted by molar-refractivity contribution is 6.30. The Morgan fingerprint density at radius 2 is 1.61 bits per heavy atom.